The molecule has 0 aliphatic heterocycles. The van der Waals surface area contributed by atoms with Gasteiger partial charge in [0.1, 0.15) is 10.6 Å². The highest BCUT2D eigenvalue weighted by Gasteiger charge is 2.20. The van der Waals surface area contributed by atoms with Gasteiger partial charge >= 0.3 is 0 Å². The number of nitrogens with one attached hydrogen (secondary N) is 2. The number of hydrogen-bond donors (Lipinski definition) is 2. The third kappa shape index (κ3) is 4.31. The van der Waals surface area contributed by atoms with Crippen LogP contribution in [0.2, 0.25) is 10.0 Å². The van der Waals surface area contributed by atoms with Crippen LogP contribution in [0.1, 0.15) is 6.92 Å². The van der Waals surface area contributed by atoms with Crippen molar-refractivity contribution in [1.82, 2.24) is 0 Å². The quantitative estimate of drug-likeness (QED) is 0.816. The van der Waals surface area contributed by atoms with E-state index in [9.17, 15) is 13.2 Å². The van der Waals surface area contributed by atoms with E-state index in [0.717, 1.165) is 0 Å². The maximum Gasteiger partial charge on any atom is 0.263 e. The molecule has 0 saturated carbocycles. The van der Waals surface area contributed by atoms with E-state index >= 15 is 0 Å². The molecule has 0 bridgehead atoms. The average Bonchev–Trinajstić information content (AvgIpc) is 2.50. The Bertz CT molecular complexity index is 868. The van der Waals surface area contributed by atoms with Gasteiger partial charge in [0, 0.05) is 24.4 Å². The molecule has 0 atom stereocenters. The SMILES string of the molecule is COc1cc(Cl)c(S(=O)(=O)Nc2ccc(NC(C)=O)cc2)cc1Cl. The first-order valence-electron chi connectivity index (χ1n) is 6.66. The molecule has 0 spiro atoms. The first-order valence-corrected chi connectivity index (χ1v) is 8.90. The van der Waals surface area contributed by atoms with Crippen LogP contribution >= 0.6 is 23.2 Å². The fraction of sp³-hybridized carbons (Fsp3) is 0.133. The van der Waals surface area contributed by atoms with E-state index in [0.29, 0.717) is 11.4 Å². The molecule has 24 heavy (non-hydrogen) atoms. The number of carbonyl (C=O) groups excluding carboxylic acids is 1. The summed E-state index contributed by atoms with van der Waals surface area (Å²) in [5, 5.41) is 2.70. The van der Waals surface area contributed by atoms with E-state index in [4.69, 9.17) is 27.9 Å². The predicted octanol–water partition coefficient (Wildman–Crippen LogP) is 3.76. The number of carbonyl (C=O) groups is 1. The summed E-state index contributed by atoms with van der Waals surface area (Å²) in [4.78, 5) is 10.8. The fourth-order valence-electron chi connectivity index (χ4n) is 1.91. The van der Waals surface area contributed by atoms with Gasteiger partial charge in [-0.05, 0) is 30.3 Å². The molecular formula is C15H14Cl2N2O4S. The van der Waals surface area contributed by atoms with E-state index in [2.05, 4.69) is 10.0 Å². The molecule has 2 rings (SSSR count). The van der Waals surface area contributed by atoms with Crippen molar-refractivity contribution < 1.29 is 17.9 Å². The summed E-state index contributed by atoms with van der Waals surface area (Å²) in [5.41, 5.74) is 0.864. The van der Waals surface area contributed by atoms with Crippen molar-refractivity contribution >= 4 is 50.5 Å². The van der Waals surface area contributed by atoms with Crippen LogP contribution < -0.4 is 14.8 Å². The summed E-state index contributed by atoms with van der Waals surface area (Å²) < 4.78 is 32.3. The molecule has 0 heterocycles. The second kappa shape index (κ2) is 7.29. The number of hydrogen-bond acceptors (Lipinski definition) is 4. The van der Waals surface area contributed by atoms with Crippen LogP contribution in [-0.2, 0) is 14.8 Å². The van der Waals surface area contributed by atoms with Crippen molar-refractivity contribution in [2.45, 2.75) is 11.8 Å². The minimum atomic E-state index is -3.94. The van der Waals surface area contributed by atoms with Gasteiger partial charge in [0.2, 0.25) is 5.91 Å². The van der Waals surface area contributed by atoms with Gasteiger partial charge in [-0.1, -0.05) is 23.2 Å². The first-order chi connectivity index (χ1) is 11.2. The van der Waals surface area contributed by atoms with E-state index in [1.165, 1.54) is 38.3 Å². The van der Waals surface area contributed by atoms with Gasteiger partial charge in [-0.25, -0.2) is 8.42 Å². The zero-order valence-electron chi connectivity index (χ0n) is 12.8. The standard InChI is InChI=1S/C15H14Cl2N2O4S/c1-9(20)18-10-3-5-11(6-4-10)19-24(21,22)15-8-12(16)14(23-2)7-13(15)17/h3-8,19H,1-2H3,(H,18,20). The van der Waals surface area contributed by atoms with Crippen molar-refractivity contribution in [3.8, 4) is 5.75 Å². The Morgan fingerprint density at radius 1 is 1.04 bits per heavy atom. The van der Waals surface area contributed by atoms with Crippen molar-refractivity contribution in [3.05, 3.63) is 46.4 Å². The lowest BCUT2D eigenvalue weighted by Gasteiger charge is -2.12. The highest BCUT2D eigenvalue weighted by Crippen LogP contribution is 2.34. The molecule has 0 fully saturated rings. The van der Waals surface area contributed by atoms with E-state index in [1.807, 2.05) is 0 Å². The lowest BCUT2D eigenvalue weighted by Crippen LogP contribution is -2.14. The van der Waals surface area contributed by atoms with Crippen molar-refractivity contribution in [2.24, 2.45) is 0 Å². The number of benzene rings is 2. The molecule has 0 aliphatic carbocycles. The summed E-state index contributed by atoms with van der Waals surface area (Å²) in [6.07, 6.45) is 0. The smallest absolute Gasteiger partial charge is 0.263 e. The molecule has 2 aromatic rings. The van der Waals surface area contributed by atoms with Crippen LogP contribution in [-0.4, -0.2) is 21.4 Å². The Balaban J connectivity index is 2.28. The maximum atomic E-state index is 12.5. The van der Waals surface area contributed by atoms with Gasteiger partial charge in [0.05, 0.1) is 17.2 Å². The number of anilines is 2. The minimum Gasteiger partial charge on any atom is -0.495 e. The average molecular weight is 389 g/mol. The molecule has 2 N–H and O–H groups in total. The highest BCUT2D eigenvalue weighted by atomic mass is 35.5. The number of halogens is 2. The molecule has 2 aromatic carbocycles. The van der Waals surface area contributed by atoms with Gasteiger partial charge in [0.15, 0.2) is 0 Å². The molecule has 0 aliphatic rings. The zero-order chi connectivity index (χ0) is 17.9. The van der Waals surface area contributed by atoms with Crippen molar-refractivity contribution in [1.29, 1.82) is 0 Å². The van der Waals surface area contributed by atoms with Crippen LogP contribution in [0, 0.1) is 0 Å². The zero-order valence-corrected chi connectivity index (χ0v) is 15.1. The highest BCUT2D eigenvalue weighted by molar-refractivity contribution is 7.92. The topological polar surface area (TPSA) is 84.5 Å². The number of methoxy groups -OCH3 is 1. The van der Waals surface area contributed by atoms with Crippen LogP contribution in [0.3, 0.4) is 0 Å². The Morgan fingerprint density at radius 2 is 1.62 bits per heavy atom. The maximum absolute atomic E-state index is 12.5. The molecule has 0 radical (unpaired) electrons. The second-order valence-electron chi connectivity index (χ2n) is 4.78. The summed E-state index contributed by atoms with van der Waals surface area (Å²) in [6.45, 7) is 1.38. The van der Waals surface area contributed by atoms with Gasteiger partial charge < -0.3 is 10.1 Å². The molecular weight excluding hydrogens is 375 g/mol. The Morgan fingerprint density at radius 3 is 2.17 bits per heavy atom. The Labute approximate surface area is 149 Å². The number of amides is 1. The lowest BCUT2D eigenvalue weighted by atomic mass is 10.3. The van der Waals surface area contributed by atoms with Crippen LogP contribution in [0.5, 0.6) is 5.75 Å². The molecule has 0 unspecified atom stereocenters. The summed E-state index contributed by atoms with van der Waals surface area (Å²) in [5.74, 6) is 0.0586. The molecule has 128 valence electrons. The Hall–Kier alpha value is -1.96. The van der Waals surface area contributed by atoms with Gasteiger partial charge in [-0.3, -0.25) is 9.52 Å². The van der Waals surface area contributed by atoms with Crippen LogP contribution in [0.4, 0.5) is 11.4 Å². The van der Waals surface area contributed by atoms with Crippen LogP contribution in [0.15, 0.2) is 41.3 Å². The van der Waals surface area contributed by atoms with E-state index < -0.39 is 10.0 Å². The lowest BCUT2D eigenvalue weighted by molar-refractivity contribution is -0.114. The summed E-state index contributed by atoms with van der Waals surface area (Å²) in [6, 6.07) is 8.72. The third-order valence-corrected chi connectivity index (χ3v) is 5.09. The Kier molecular flexibility index (Phi) is 5.58. The second-order valence-corrected chi connectivity index (χ2v) is 7.25. The van der Waals surface area contributed by atoms with Crippen molar-refractivity contribution in [3.63, 3.8) is 0 Å². The normalized spacial score (nSPS) is 11.0. The third-order valence-electron chi connectivity index (χ3n) is 2.95. The van der Waals surface area contributed by atoms with Gasteiger partial charge in [0.25, 0.3) is 10.0 Å². The van der Waals surface area contributed by atoms with Crippen LogP contribution in [0.25, 0.3) is 0 Å². The molecule has 9 heteroatoms. The largest absolute Gasteiger partial charge is 0.495 e. The first kappa shape index (κ1) is 18.4. The summed E-state index contributed by atoms with van der Waals surface area (Å²) >= 11 is 12.0. The number of rotatable bonds is 5. The van der Waals surface area contributed by atoms with Gasteiger partial charge in [-0.2, -0.15) is 0 Å². The van der Waals surface area contributed by atoms with Gasteiger partial charge in [-0.15, -0.1) is 0 Å². The van der Waals surface area contributed by atoms with Crippen molar-refractivity contribution in [2.75, 3.05) is 17.1 Å². The van der Waals surface area contributed by atoms with E-state index in [-0.39, 0.29) is 26.6 Å². The number of sulfonamides is 1. The molecule has 1 amide bonds. The fourth-order valence-corrected chi connectivity index (χ4v) is 3.82. The minimum absolute atomic E-state index is 0.0152. The number of ether oxygens (including phenoxy) is 1. The molecule has 0 aromatic heterocycles. The monoisotopic (exact) mass is 388 g/mol. The molecule has 0 saturated heterocycles. The van der Waals surface area contributed by atoms with E-state index in [1.54, 1.807) is 12.1 Å². The molecule has 6 nitrogen and oxygen atoms in total. The summed E-state index contributed by atoms with van der Waals surface area (Å²) in [7, 11) is -2.53. The predicted molar refractivity (Wildman–Crippen MR) is 94.6 cm³/mol.